The average Bonchev–Trinajstić information content (AvgIpc) is 3.46. The number of benzene rings is 2. The molecule has 5 rings (SSSR count). The van der Waals surface area contributed by atoms with Crippen LogP contribution in [0.3, 0.4) is 0 Å². The molecular weight excluding hydrogens is 429 g/mol. The van der Waals surface area contributed by atoms with Crippen molar-refractivity contribution < 1.29 is 13.9 Å². The predicted molar refractivity (Wildman–Crippen MR) is 121 cm³/mol. The number of nitrogens with zero attached hydrogens (tertiary/aromatic N) is 2. The highest BCUT2D eigenvalue weighted by atomic mass is 32.2. The van der Waals surface area contributed by atoms with Crippen molar-refractivity contribution in [1.29, 1.82) is 0 Å². The maximum atomic E-state index is 13.5. The molecule has 8 heteroatoms. The van der Waals surface area contributed by atoms with Gasteiger partial charge in [0.15, 0.2) is 5.16 Å². The fourth-order valence-electron chi connectivity index (χ4n) is 3.91. The van der Waals surface area contributed by atoms with Gasteiger partial charge in [0.2, 0.25) is 5.91 Å². The maximum Gasteiger partial charge on any atom is 0.262 e. The van der Waals surface area contributed by atoms with E-state index in [1.54, 1.807) is 28.8 Å². The highest BCUT2D eigenvalue weighted by Gasteiger charge is 2.31. The third-order valence-electron chi connectivity index (χ3n) is 5.79. The van der Waals surface area contributed by atoms with Gasteiger partial charge in [0, 0.05) is 12.6 Å². The average molecular weight is 454 g/mol. The molecule has 0 bridgehead atoms. The molecule has 2 unspecified atom stereocenters. The third kappa shape index (κ3) is 4.56. The molecule has 0 radical (unpaired) electrons. The monoisotopic (exact) mass is 453 g/mol. The first-order valence-corrected chi connectivity index (χ1v) is 11.8. The molecular formula is C24H24FN3O3S. The summed E-state index contributed by atoms with van der Waals surface area (Å²) in [7, 11) is 0. The van der Waals surface area contributed by atoms with Gasteiger partial charge in [-0.3, -0.25) is 14.2 Å². The van der Waals surface area contributed by atoms with Crippen LogP contribution in [0.1, 0.15) is 36.5 Å². The second kappa shape index (κ2) is 9.03. The van der Waals surface area contributed by atoms with Gasteiger partial charge in [-0.25, -0.2) is 9.37 Å². The van der Waals surface area contributed by atoms with Crippen molar-refractivity contribution in [3.8, 4) is 0 Å². The number of amides is 1. The normalized spacial score (nSPS) is 19.2. The van der Waals surface area contributed by atoms with E-state index < -0.39 is 5.25 Å². The Bertz CT molecular complexity index is 1190. The molecule has 32 heavy (non-hydrogen) atoms. The molecule has 1 amide bonds. The van der Waals surface area contributed by atoms with Gasteiger partial charge in [-0.15, -0.1) is 0 Å². The zero-order valence-electron chi connectivity index (χ0n) is 17.5. The number of para-hydroxylation sites is 1. The topological polar surface area (TPSA) is 73.2 Å². The van der Waals surface area contributed by atoms with Crippen molar-refractivity contribution in [2.45, 2.75) is 54.8 Å². The van der Waals surface area contributed by atoms with Crippen LogP contribution in [0.2, 0.25) is 0 Å². The van der Waals surface area contributed by atoms with Gasteiger partial charge in [-0.1, -0.05) is 36.0 Å². The summed E-state index contributed by atoms with van der Waals surface area (Å²) in [4.78, 5) is 31.2. The number of halogens is 1. The number of thioether (sulfide) groups is 1. The van der Waals surface area contributed by atoms with Crippen LogP contribution < -0.4 is 10.9 Å². The van der Waals surface area contributed by atoms with Gasteiger partial charge in [0.25, 0.3) is 5.56 Å². The lowest BCUT2D eigenvalue weighted by Crippen LogP contribution is -2.32. The van der Waals surface area contributed by atoms with E-state index in [2.05, 4.69) is 5.32 Å². The van der Waals surface area contributed by atoms with Crippen molar-refractivity contribution in [2.24, 2.45) is 0 Å². The molecule has 1 saturated heterocycles. The smallest absolute Gasteiger partial charge is 0.262 e. The minimum absolute atomic E-state index is 0.0560. The van der Waals surface area contributed by atoms with Crippen LogP contribution in [0.25, 0.3) is 10.9 Å². The molecule has 2 fully saturated rings. The number of fused-ring (bicyclic) bond motifs is 1. The lowest BCUT2D eigenvalue weighted by molar-refractivity contribution is -0.120. The van der Waals surface area contributed by atoms with Crippen molar-refractivity contribution in [3.63, 3.8) is 0 Å². The van der Waals surface area contributed by atoms with Crippen LogP contribution in [0.15, 0.2) is 58.5 Å². The van der Waals surface area contributed by atoms with Crippen molar-refractivity contribution in [1.82, 2.24) is 14.9 Å². The summed E-state index contributed by atoms with van der Waals surface area (Å²) in [6.07, 6.45) is 3.71. The number of aromatic nitrogens is 2. The first-order chi connectivity index (χ1) is 15.6. The Balaban J connectivity index is 1.56. The minimum atomic E-state index is -0.653. The number of hydrogen-bond acceptors (Lipinski definition) is 5. The summed E-state index contributed by atoms with van der Waals surface area (Å²) in [5, 5.41) is 3.39. The van der Waals surface area contributed by atoms with Gasteiger partial charge in [-0.2, -0.15) is 0 Å². The summed E-state index contributed by atoms with van der Waals surface area (Å²) in [5.41, 5.74) is 1.11. The number of carbonyl (C=O) groups excluding carboxylic acids is 1. The molecule has 1 saturated carbocycles. The molecule has 0 spiro atoms. The Morgan fingerprint density at radius 3 is 2.69 bits per heavy atom. The van der Waals surface area contributed by atoms with Crippen molar-refractivity contribution in [3.05, 3.63) is 70.3 Å². The highest BCUT2D eigenvalue weighted by Crippen LogP contribution is 2.36. The largest absolute Gasteiger partial charge is 0.376 e. The molecule has 2 atom stereocenters. The fourth-order valence-corrected chi connectivity index (χ4v) is 5.03. The summed E-state index contributed by atoms with van der Waals surface area (Å²) in [5.74, 6) is -0.519. The molecule has 1 aliphatic carbocycles. The van der Waals surface area contributed by atoms with E-state index in [-0.39, 0.29) is 29.4 Å². The van der Waals surface area contributed by atoms with Crippen molar-refractivity contribution >= 4 is 28.6 Å². The highest BCUT2D eigenvalue weighted by molar-refractivity contribution is 8.00. The summed E-state index contributed by atoms with van der Waals surface area (Å²) < 4.78 is 20.9. The fraction of sp³-hybridized carbons (Fsp3) is 0.375. The summed E-state index contributed by atoms with van der Waals surface area (Å²) in [6, 6.07) is 13.3. The molecule has 166 valence electrons. The minimum Gasteiger partial charge on any atom is -0.376 e. The van der Waals surface area contributed by atoms with E-state index in [0.717, 1.165) is 25.7 Å². The Morgan fingerprint density at radius 1 is 1.19 bits per heavy atom. The molecule has 2 aromatic carbocycles. The van der Waals surface area contributed by atoms with Crippen LogP contribution in [-0.4, -0.2) is 34.2 Å². The molecule has 1 N–H and O–H groups in total. The van der Waals surface area contributed by atoms with Gasteiger partial charge in [0.05, 0.1) is 23.6 Å². The third-order valence-corrected chi connectivity index (χ3v) is 7.04. The van der Waals surface area contributed by atoms with E-state index in [1.165, 1.54) is 23.9 Å². The van der Waals surface area contributed by atoms with Gasteiger partial charge in [0.1, 0.15) is 11.1 Å². The van der Waals surface area contributed by atoms with Gasteiger partial charge in [-0.05, 0) is 55.5 Å². The Labute approximate surface area is 189 Å². The molecule has 6 nitrogen and oxygen atoms in total. The molecule has 1 aliphatic heterocycles. The molecule has 2 heterocycles. The van der Waals surface area contributed by atoms with Crippen LogP contribution in [0.4, 0.5) is 4.39 Å². The Kier molecular flexibility index (Phi) is 5.97. The van der Waals surface area contributed by atoms with Crippen LogP contribution in [0, 0.1) is 5.82 Å². The first-order valence-electron chi connectivity index (χ1n) is 10.9. The van der Waals surface area contributed by atoms with E-state index in [0.29, 0.717) is 34.8 Å². The summed E-state index contributed by atoms with van der Waals surface area (Å²) in [6.45, 7) is 1.07. The quantitative estimate of drug-likeness (QED) is 0.435. The first kappa shape index (κ1) is 21.2. The molecule has 3 aromatic rings. The zero-order chi connectivity index (χ0) is 22.1. The molecule has 2 aliphatic rings. The van der Waals surface area contributed by atoms with E-state index in [1.807, 2.05) is 12.1 Å². The number of ether oxygens (including phenoxy) is 1. The predicted octanol–water partition coefficient (Wildman–Crippen LogP) is 3.83. The Morgan fingerprint density at radius 2 is 1.97 bits per heavy atom. The standard InChI is InChI=1S/C24H24FN3O3S/c25-16-9-7-15(8-10-16)21(22(29)26-17-11-12-17)32-24-27-20-6-2-1-5-19(20)23(30)28(24)14-18-4-3-13-31-18/h1-2,5-10,17-18,21H,3-4,11-14H2,(H,26,29). The van der Waals surface area contributed by atoms with Gasteiger partial charge >= 0.3 is 0 Å². The number of carbonyl (C=O) groups is 1. The second-order valence-corrected chi connectivity index (χ2v) is 9.37. The van der Waals surface area contributed by atoms with Crippen molar-refractivity contribution in [2.75, 3.05) is 6.61 Å². The molecule has 1 aromatic heterocycles. The van der Waals surface area contributed by atoms with Gasteiger partial charge < -0.3 is 10.1 Å². The number of hydrogen-bond donors (Lipinski definition) is 1. The summed E-state index contributed by atoms with van der Waals surface area (Å²) >= 11 is 1.23. The van der Waals surface area contributed by atoms with E-state index >= 15 is 0 Å². The van der Waals surface area contributed by atoms with Crippen LogP contribution in [-0.2, 0) is 16.1 Å². The number of rotatable bonds is 7. The van der Waals surface area contributed by atoms with Crippen LogP contribution >= 0.6 is 11.8 Å². The lowest BCUT2D eigenvalue weighted by atomic mass is 10.1. The van der Waals surface area contributed by atoms with E-state index in [4.69, 9.17) is 9.72 Å². The SMILES string of the molecule is O=C(NC1CC1)C(Sc1nc2ccccc2c(=O)n1CC1CCCO1)c1ccc(F)cc1. The lowest BCUT2D eigenvalue weighted by Gasteiger charge is -2.21. The van der Waals surface area contributed by atoms with E-state index in [9.17, 15) is 14.0 Å². The van der Waals surface area contributed by atoms with Crippen LogP contribution in [0.5, 0.6) is 0 Å². The number of nitrogens with one attached hydrogen (secondary N) is 1. The maximum absolute atomic E-state index is 13.5. The zero-order valence-corrected chi connectivity index (χ0v) is 18.3. The Hall–Kier alpha value is -2.71. The second-order valence-electron chi connectivity index (χ2n) is 8.29.